The molecule has 10 heteroatoms. The van der Waals surface area contributed by atoms with E-state index >= 15 is 0 Å². The molecule has 0 atom stereocenters. The number of halogens is 1. The van der Waals surface area contributed by atoms with Crippen LogP contribution in [0.1, 0.15) is 219 Å². The summed E-state index contributed by atoms with van der Waals surface area (Å²) in [5.41, 5.74) is 25.7. The highest BCUT2D eigenvalue weighted by atomic mass is 79.9. The first kappa shape index (κ1) is 55.2. The number of isocyanates is 2. The summed E-state index contributed by atoms with van der Waals surface area (Å²) in [5.74, 6) is 2.53. The Kier molecular flexibility index (Phi) is 22.8. The minimum absolute atomic E-state index is 0.216. The van der Waals surface area contributed by atoms with Crippen LogP contribution >= 0.6 is 15.9 Å². The zero-order chi connectivity index (χ0) is 48.5. The van der Waals surface area contributed by atoms with E-state index < -0.39 is 0 Å². The maximum atomic E-state index is 10.5. The molecule has 9 nitrogen and oxygen atoms in total. The average Bonchev–Trinajstić information content (AvgIpc) is 3.21. The Labute approximate surface area is 386 Å². The maximum Gasteiger partial charge on any atom is 0.240 e. The second-order valence-electron chi connectivity index (χ2n) is 18.1. The van der Waals surface area contributed by atoms with Crippen LogP contribution in [0.3, 0.4) is 0 Å². The average molecular weight is 915 g/mol. The van der Waals surface area contributed by atoms with E-state index in [1.807, 2.05) is 67.5 Å². The van der Waals surface area contributed by atoms with Crippen LogP contribution in [0.4, 0.5) is 22.7 Å². The number of benzene rings is 4. The van der Waals surface area contributed by atoms with Gasteiger partial charge in [0.15, 0.2) is 0 Å². The van der Waals surface area contributed by atoms with Crippen molar-refractivity contribution >= 4 is 50.8 Å². The lowest BCUT2D eigenvalue weighted by atomic mass is 9.91. The molecule has 4 aromatic rings. The van der Waals surface area contributed by atoms with E-state index in [2.05, 4.69) is 112 Å². The number of aliphatic imine (C=N–C) groups is 2. The number of nitriles is 3. The molecule has 0 heterocycles. The van der Waals surface area contributed by atoms with Gasteiger partial charge < -0.3 is 11.5 Å². The quantitative estimate of drug-likeness (QED) is 0.0901. The molecule has 0 fully saturated rings. The predicted octanol–water partition coefficient (Wildman–Crippen LogP) is 15.2. The largest absolute Gasteiger partial charge is 0.398 e. The van der Waals surface area contributed by atoms with Gasteiger partial charge >= 0.3 is 0 Å². The van der Waals surface area contributed by atoms with Gasteiger partial charge in [0.05, 0.1) is 46.3 Å². The molecule has 0 aliphatic heterocycles. The van der Waals surface area contributed by atoms with Crippen LogP contribution in [0.2, 0.25) is 0 Å². The van der Waals surface area contributed by atoms with E-state index in [1.54, 1.807) is 36.4 Å². The van der Waals surface area contributed by atoms with Crippen molar-refractivity contribution in [3.63, 3.8) is 0 Å². The van der Waals surface area contributed by atoms with Crippen molar-refractivity contribution < 1.29 is 9.59 Å². The molecule has 0 radical (unpaired) electrons. The molecule has 4 rings (SSSR count). The fraction of sp³-hybridized carbons (Fsp3) is 0.453. The lowest BCUT2D eigenvalue weighted by molar-refractivity contribution is 0.564. The lowest BCUT2D eigenvalue weighted by Crippen LogP contribution is -2.04. The number of nitrogens with two attached hydrogens (primary N) is 2. The molecule has 0 spiro atoms. The molecule has 63 heavy (non-hydrogen) atoms. The summed E-state index contributed by atoms with van der Waals surface area (Å²) in [6, 6.07) is 21.7. The van der Waals surface area contributed by atoms with Crippen LogP contribution in [0, 0.1) is 34.0 Å². The van der Waals surface area contributed by atoms with Crippen molar-refractivity contribution in [3.8, 4) is 18.2 Å². The molecule has 0 amide bonds. The van der Waals surface area contributed by atoms with Crippen molar-refractivity contribution in [1.82, 2.24) is 0 Å². The summed E-state index contributed by atoms with van der Waals surface area (Å²) >= 11 is 3.53. The highest BCUT2D eigenvalue weighted by Crippen LogP contribution is 2.38. The standard InChI is InChI=1S/2C14H16N2O.C13H18N2.C12H18BrN/c2*1-9(2)12-5-11(7-15)6-13(10(3)4)14(12)16-8-17;1-8(2)11-5-10(7-14)6-12(9(3)4)13(11)15;1-7(2)10-5-9(13)6-11(8(3)4)12(10)14/h2*5-6,9-10H,1-4H3;5-6,8-9H,15H2,1-4H3;5-8H,14H2,1-4H3. The summed E-state index contributed by atoms with van der Waals surface area (Å²) < 4.78 is 1.12. The van der Waals surface area contributed by atoms with Gasteiger partial charge in [0.25, 0.3) is 0 Å². The smallest absolute Gasteiger partial charge is 0.240 e. The third-order valence-electron chi connectivity index (χ3n) is 10.5. The summed E-state index contributed by atoms with van der Waals surface area (Å²) in [6.07, 6.45) is 3.21. The van der Waals surface area contributed by atoms with Gasteiger partial charge in [-0.3, -0.25) is 0 Å². The van der Waals surface area contributed by atoms with E-state index in [9.17, 15) is 9.59 Å². The SMILES string of the molecule is CC(C)c1cc(Br)cc(C(C)C)c1N.CC(C)c1cc(C#N)cc(C(C)C)c1N.CC(C)c1cc(C#N)cc(C(C)C)c1N=C=O.CC(C)c1cc(C#N)cc(C(C)C)c1N=C=O. The maximum absolute atomic E-state index is 10.5. The number of nitrogen functional groups attached to an aromatic ring is 2. The zero-order valence-corrected chi connectivity index (χ0v) is 41.9. The second kappa shape index (κ2) is 26.0. The van der Waals surface area contributed by atoms with Crippen molar-refractivity contribution in [3.05, 3.63) is 114 Å². The topological polar surface area (TPSA) is 182 Å². The minimum atomic E-state index is 0.216. The van der Waals surface area contributed by atoms with E-state index in [4.69, 9.17) is 27.3 Å². The van der Waals surface area contributed by atoms with Crippen molar-refractivity contribution in [1.29, 1.82) is 15.8 Å². The molecule has 0 aliphatic carbocycles. The summed E-state index contributed by atoms with van der Waals surface area (Å²) in [4.78, 5) is 28.7. The molecule has 4 aromatic carbocycles. The van der Waals surface area contributed by atoms with Gasteiger partial charge in [-0.1, -0.05) is 127 Å². The molecular formula is C53H68BrN7O2. The first-order chi connectivity index (χ1) is 29.4. The van der Waals surface area contributed by atoms with Crippen LogP contribution < -0.4 is 11.5 Å². The molecule has 0 unspecified atom stereocenters. The molecule has 4 N–H and O–H groups in total. The highest BCUT2D eigenvalue weighted by molar-refractivity contribution is 9.10. The zero-order valence-electron chi connectivity index (χ0n) is 40.3. The normalized spacial score (nSPS) is 10.6. The van der Waals surface area contributed by atoms with Crippen LogP contribution in [0.5, 0.6) is 0 Å². The van der Waals surface area contributed by atoms with Gasteiger partial charge in [0.1, 0.15) is 0 Å². The third kappa shape index (κ3) is 15.8. The van der Waals surface area contributed by atoms with Gasteiger partial charge in [-0.2, -0.15) is 25.8 Å². The second-order valence-corrected chi connectivity index (χ2v) is 19.0. The summed E-state index contributed by atoms with van der Waals surface area (Å²) in [5, 5.41) is 27.0. The first-order valence-corrected chi connectivity index (χ1v) is 22.4. The highest BCUT2D eigenvalue weighted by Gasteiger charge is 2.18. The van der Waals surface area contributed by atoms with Gasteiger partial charge in [-0.25, -0.2) is 9.59 Å². The van der Waals surface area contributed by atoms with E-state index in [0.29, 0.717) is 51.7 Å². The Morgan fingerprint density at radius 3 is 0.762 bits per heavy atom. The number of rotatable bonds is 10. The van der Waals surface area contributed by atoms with Crippen LogP contribution in [-0.4, -0.2) is 12.2 Å². The van der Waals surface area contributed by atoms with Gasteiger partial charge in [0, 0.05) is 15.8 Å². The Balaban J connectivity index is 0.000000421. The molecule has 334 valence electrons. The van der Waals surface area contributed by atoms with E-state index in [-0.39, 0.29) is 23.7 Å². The number of nitrogens with zero attached hydrogens (tertiary/aromatic N) is 5. The minimum Gasteiger partial charge on any atom is -0.398 e. The lowest BCUT2D eigenvalue weighted by Gasteiger charge is -2.16. The summed E-state index contributed by atoms with van der Waals surface area (Å²) in [6.45, 7) is 33.2. The van der Waals surface area contributed by atoms with Crippen molar-refractivity contribution in [2.45, 2.75) is 158 Å². The van der Waals surface area contributed by atoms with E-state index in [1.165, 1.54) is 11.1 Å². The van der Waals surface area contributed by atoms with Crippen molar-refractivity contribution in [2.24, 2.45) is 9.98 Å². The molecule has 0 aliphatic rings. The molecule has 0 aromatic heterocycles. The van der Waals surface area contributed by atoms with Gasteiger partial charge in [-0.15, -0.1) is 0 Å². The van der Waals surface area contributed by atoms with E-state index in [0.717, 1.165) is 49.2 Å². The van der Waals surface area contributed by atoms with Crippen molar-refractivity contribution in [2.75, 3.05) is 11.5 Å². The van der Waals surface area contributed by atoms with Crippen LogP contribution in [0.15, 0.2) is 63.0 Å². The monoisotopic (exact) mass is 913 g/mol. The Morgan fingerprint density at radius 1 is 0.397 bits per heavy atom. The Bertz CT molecular complexity index is 2200. The number of hydrogen-bond donors (Lipinski definition) is 2. The Morgan fingerprint density at radius 2 is 0.587 bits per heavy atom. The predicted molar refractivity (Wildman–Crippen MR) is 265 cm³/mol. The fourth-order valence-corrected chi connectivity index (χ4v) is 7.43. The first-order valence-electron chi connectivity index (χ1n) is 21.7. The number of anilines is 2. The third-order valence-corrected chi connectivity index (χ3v) is 10.9. The fourth-order valence-electron chi connectivity index (χ4n) is 6.93. The Hall–Kier alpha value is -5.81. The summed E-state index contributed by atoms with van der Waals surface area (Å²) in [7, 11) is 0. The number of hydrogen-bond acceptors (Lipinski definition) is 9. The van der Waals surface area contributed by atoms with Gasteiger partial charge in [-0.05, 0) is 140 Å². The van der Waals surface area contributed by atoms with Gasteiger partial charge in [0.2, 0.25) is 12.2 Å². The number of carbonyl (C=O) groups excluding carboxylic acids is 2. The van der Waals surface area contributed by atoms with Crippen LogP contribution in [0.25, 0.3) is 0 Å². The molecule has 0 bridgehead atoms. The molecule has 0 saturated heterocycles. The molecular weight excluding hydrogens is 847 g/mol. The van der Waals surface area contributed by atoms with Crippen LogP contribution in [-0.2, 0) is 9.59 Å². The molecule has 0 saturated carbocycles.